The van der Waals surface area contributed by atoms with Gasteiger partial charge < -0.3 is 15.2 Å². The number of carbonyl (C=O) groups is 2. The fourth-order valence-electron chi connectivity index (χ4n) is 1.76. The zero-order valence-electron chi connectivity index (χ0n) is 11.8. The van der Waals surface area contributed by atoms with E-state index in [9.17, 15) is 27.2 Å². The summed E-state index contributed by atoms with van der Waals surface area (Å²) in [5.41, 5.74) is 0.627. The molecular weight excluding hydrogens is 322 g/mol. The largest absolute Gasteiger partial charge is 0.480 e. The van der Waals surface area contributed by atoms with Crippen molar-refractivity contribution in [2.24, 2.45) is 0 Å². The highest BCUT2D eigenvalue weighted by Gasteiger charge is 2.23. The van der Waals surface area contributed by atoms with E-state index in [0.717, 1.165) is 0 Å². The molecule has 0 saturated heterocycles. The van der Waals surface area contributed by atoms with Crippen molar-refractivity contribution < 1.29 is 37.0 Å². The van der Waals surface area contributed by atoms with Crippen LogP contribution < -0.4 is 10.1 Å². The van der Waals surface area contributed by atoms with Crippen LogP contribution in [0.2, 0.25) is 0 Å². The summed E-state index contributed by atoms with van der Waals surface area (Å²) in [6, 6.07) is 3.90. The molecule has 1 rings (SSSR count). The molecule has 0 aliphatic heterocycles. The number of carboxylic acid groups (broad SMARTS) is 1. The summed E-state index contributed by atoms with van der Waals surface area (Å²) in [5.74, 6) is -2.26. The summed E-state index contributed by atoms with van der Waals surface area (Å²) in [6.45, 7) is -2.94. The summed E-state index contributed by atoms with van der Waals surface area (Å²) >= 11 is 0. The van der Waals surface area contributed by atoms with E-state index in [1.54, 1.807) is 0 Å². The maximum atomic E-state index is 12.2. The molecule has 0 radical (unpaired) electrons. The fourth-order valence-corrected chi connectivity index (χ4v) is 1.76. The molecule has 1 amide bonds. The van der Waals surface area contributed by atoms with Crippen molar-refractivity contribution in [1.29, 1.82) is 0 Å². The monoisotopic (exact) mass is 337 g/mol. The number of benzene rings is 1. The standard InChI is InChI=1S/C14H15F4NO4/c15-11(16)7-10(13(21)22)19-12(20)6-3-8-1-4-9(5-2-8)23-14(17)18/h1-2,4-5,10-11,14H,3,6-7H2,(H,19,20)(H,21,22). The summed E-state index contributed by atoms with van der Waals surface area (Å²) in [4.78, 5) is 22.3. The van der Waals surface area contributed by atoms with Crippen LogP contribution in [0.15, 0.2) is 24.3 Å². The number of nitrogens with one attached hydrogen (secondary N) is 1. The van der Waals surface area contributed by atoms with Gasteiger partial charge in [-0.3, -0.25) is 4.79 Å². The number of carboxylic acids is 1. The van der Waals surface area contributed by atoms with Gasteiger partial charge in [-0.2, -0.15) is 8.78 Å². The number of amides is 1. The second-order valence-corrected chi connectivity index (χ2v) is 4.61. The van der Waals surface area contributed by atoms with Gasteiger partial charge in [0, 0.05) is 12.8 Å². The van der Waals surface area contributed by atoms with Crippen LogP contribution in [0.5, 0.6) is 5.75 Å². The van der Waals surface area contributed by atoms with Crippen LogP contribution in [-0.2, 0) is 16.0 Å². The Morgan fingerprint density at radius 3 is 2.22 bits per heavy atom. The summed E-state index contributed by atoms with van der Waals surface area (Å²) in [7, 11) is 0. The van der Waals surface area contributed by atoms with E-state index in [2.05, 4.69) is 4.74 Å². The van der Waals surface area contributed by atoms with Gasteiger partial charge in [-0.1, -0.05) is 12.1 Å². The lowest BCUT2D eigenvalue weighted by atomic mass is 10.1. The molecule has 0 aromatic heterocycles. The first-order valence-electron chi connectivity index (χ1n) is 6.62. The van der Waals surface area contributed by atoms with E-state index in [1.165, 1.54) is 24.3 Å². The predicted molar refractivity (Wildman–Crippen MR) is 71.6 cm³/mol. The Kier molecular flexibility index (Phi) is 7.30. The van der Waals surface area contributed by atoms with E-state index in [-0.39, 0.29) is 18.6 Å². The normalized spacial score (nSPS) is 12.3. The molecule has 23 heavy (non-hydrogen) atoms. The lowest BCUT2D eigenvalue weighted by molar-refractivity contribution is -0.143. The minimum atomic E-state index is -2.94. The van der Waals surface area contributed by atoms with Gasteiger partial charge in [0.05, 0.1) is 0 Å². The molecule has 0 aliphatic rings. The van der Waals surface area contributed by atoms with Crippen LogP contribution in [0, 0.1) is 0 Å². The van der Waals surface area contributed by atoms with Gasteiger partial charge in [0.2, 0.25) is 12.3 Å². The summed E-state index contributed by atoms with van der Waals surface area (Å²) in [5, 5.41) is 10.7. The zero-order valence-corrected chi connectivity index (χ0v) is 11.8. The highest BCUT2D eigenvalue weighted by atomic mass is 19.3. The Morgan fingerprint density at radius 1 is 1.13 bits per heavy atom. The molecule has 0 bridgehead atoms. The molecule has 1 unspecified atom stereocenters. The Hall–Kier alpha value is -2.32. The van der Waals surface area contributed by atoms with E-state index < -0.39 is 37.4 Å². The van der Waals surface area contributed by atoms with Crippen LogP contribution in [0.25, 0.3) is 0 Å². The molecule has 128 valence electrons. The minimum absolute atomic E-state index is 0.0314. The highest BCUT2D eigenvalue weighted by molar-refractivity contribution is 5.83. The van der Waals surface area contributed by atoms with Gasteiger partial charge in [-0.25, -0.2) is 13.6 Å². The van der Waals surface area contributed by atoms with Gasteiger partial charge in [-0.05, 0) is 24.1 Å². The smallest absolute Gasteiger partial charge is 0.387 e. The van der Waals surface area contributed by atoms with E-state index in [1.807, 2.05) is 5.32 Å². The van der Waals surface area contributed by atoms with E-state index in [0.29, 0.717) is 5.56 Å². The first-order chi connectivity index (χ1) is 10.8. The van der Waals surface area contributed by atoms with Crippen molar-refractivity contribution in [3.63, 3.8) is 0 Å². The van der Waals surface area contributed by atoms with E-state index in [4.69, 9.17) is 5.11 Å². The Bertz CT molecular complexity index is 522. The van der Waals surface area contributed by atoms with Crippen molar-refractivity contribution in [3.8, 4) is 5.75 Å². The van der Waals surface area contributed by atoms with Crippen LogP contribution in [0.4, 0.5) is 17.6 Å². The second-order valence-electron chi connectivity index (χ2n) is 4.61. The molecule has 0 aliphatic carbocycles. The second kappa shape index (κ2) is 8.96. The van der Waals surface area contributed by atoms with Crippen LogP contribution in [0.1, 0.15) is 18.4 Å². The van der Waals surface area contributed by atoms with Crippen molar-refractivity contribution in [2.75, 3.05) is 0 Å². The number of halogens is 4. The average molecular weight is 337 g/mol. The quantitative estimate of drug-likeness (QED) is 0.679. The molecule has 9 heteroatoms. The topological polar surface area (TPSA) is 75.6 Å². The molecule has 1 aromatic rings. The maximum Gasteiger partial charge on any atom is 0.387 e. The zero-order chi connectivity index (χ0) is 17.4. The predicted octanol–water partition coefficient (Wildman–Crippen LogP) is 2.45. The Labute approximate surface area is 129 Å². The lowest BCUT2D eigenvalue weighted by Crippen LogP contribution is -2.42. The molecule has 1 atom stereocenters. The van der Waals surface area contributed by atoms with Gasteiger partial charge in [0.25, 0.3) is 0 Å². The molecule has 5 nitrogen and oxygen atoms in total. The summed E-state index contributed by atoms with van der Waals surface area (Å²) < 4.78 is 52.5. The molecule has 0 fully saturated rings. The van der Waals surface area contributed by atoms with Crippen LogP contribution in [0.3, 0.4) is 0 Å². The molecule has 0 saturated carbocycles. The Balaban J connectivity index is 2.47. The first kappa shape index (κ1) is 18.7. The number of hydrogen-bond acceptors (Lipinski definition) is 3. The number of rotatable bonds is 9. The fraction of sp³-hybridized carbons (Fsp3) is 0.429. The third kappa shape index (κ3) is 7.48. The lowest BCUT2D eigenvalue weighted by Gasteiger charge is -2.14. The van der Waals surface area contributed by atoms with Crippen molar-refractivity contribution in [1.82, 2.24) is 5.32 Å². The number of hydrogen-bond donors (Lipinski definition) is 2. The van der Waals surface area contributed by atoms with Crippen molar-refractivity contribution in [3.05, 3.63) is 29.8 Å². The number of ether oxygens (including phenoxy) is 1. The molecule has 0 heterocycles. The number of aliphatic carboxylic acids is 1. The number of alkyl halides is 4. The van der Waals surface area contributed by atoms with Crippen molar-refractivity contribution in [2.45, 2.75) is 38.3 Å². The average Bonchev–Trinajstić information content (AvgIpc) is 2.44. The van der Waals surface area contributed by atoms with Gasteiger partial charge in [0.15, 0.2) is 0 Å². The first-order valence-corrected chi connectivity index (χ1v) is 6.62. The van der Waals surface area contributed by atoms with Crippen molar-refractivity contribution >= 4 is 11.9 Å². The van der Waals surface area contributed by atoms with Crippen LogP contribution >= 0.6 is 0 Å². The van der Waals surface area contributed by atoms with Gasteiger partial charge in [-0.15, -0.1) is 0 Å². The van der Waals surface area contributed by atoms with Gasteiger partial charge in [0.1, 0.15) is 11.8 Å². The summed E-state index contributed by atoms with van der Waals surface area (Å²) in [6.07, 6.45) is -3.75. The SMILES string of the molecule is O=C(CCc1ccc(OC(F)F)cc1)NC(CC(F)F)C(=O)O. The highest BCUT2D eigenvalue weighted by Crippen LogP contribution is 2.15. The third-order valence-corrected chi connectivity index (χ3v) is 2.84. The van der Waals surface area contributed by atoms with Crippen LogP contribution in [-0.4, -0.2) is 36.1 Å². The third-order valence-electron chi connectivity index (χ3n) is 2.84. The minimum Gasteiger partial charge on any atom is -0.480 e. The van der Waals surface area contributed by atoms with E-state index >= 15 is 0 Å². The molecule has 2 N–H and O–H groups in total. The maximum absolute atomic E-state index is 12.2. The number of carbonyl (C=O) groups excluding carboxylic acids is 1. The van der Waals surface area contributed by atoms with Gasteiger partial charge >= 0.3 is 12.6 Å². The molecule has 0 spiro atoms. The Morgan fingerprint density at radius 2 is 1.74 bits per heavy atom. The molecular formula is C14H15F4NO4. The number of aryl methyl sites for hydroxylation is 1. The molecule has 1 aromatic carbocycles.